The molecule has 0 saturated carbocycles. The number of benzene rings is 1. The molecule has 1 aromatic rings. The molecule has 2 N–H and O–H groups in total. The monoisotopic (exact) mass is 285 g/mol. The number of hydrogen-bond donors (Lipinski definition) is 2. The van der Waals surface area contributed by atoms with E-state index in [0.29, 0.717) is 12.1 Å². The first-order chi connectivity index (χ1) is 8.88. The lowest BCUT2D eigenvalue weighted by molar-refractivity contribution is -0.384. The molecule has 0 aliphatic carbocycles. The van der Waals surface area contributed by atoms with Gasteiger partial charge in [-0.1, -0.05) is 0 Å². The molecule has 0 spiro atoms. The third-order valence-electron chi connectivity index (χ3n) is 2.95. The van der Waals surface area contributed by atoms with E-state index >= 15 is 0 Å². The van der Waals surface area contributed by atoms with Crippen LogP contribution in [0.15, 0.2) is 12.1 Å². The highest BCUT2D eigenvalue weighted by Gasteiger charge is 2.23. The van der Waals surface area contributed by atoms with Gasteiger partial charge in [-0.15, -0.1) is 0 Å². The summed E-state index contributed by atoms with van der Waals surface area (Å²) in [4.78, 5) is 10.6. The number of nitrogens with one attached hydrogen (secondary N) is 2. The van der Waals surface area contributed by atoms with Crippen molar-refractivity contribution >= 4 is 26.9 Å². The van der Waals surface area contributed by atoms with Gasteiger partial charge in [0.25, 0.3) is 5.69 Å². The topological polar surface area (TPSA) is 101 Å². The first-order valence-corrected chi connectivity index (χ1v) is 7.90. The summed E-state index contributed by atoms with van der Waals surface area (Å²) in [6.07, 6.45) is 1.83. The molecule has 8 heteroatoms. The molecule has 0 atom stereocenters. The van der Waals surface area contributed by atoms with Crippen molar-refractivity contribution in [2.45, 2.75) is 6.42 Å². The molecule has 0 radical (unpaired) electrons. The number of hydrogen-bond acceptors (Lipinski definition) is 6. The molecule has 19 heavy (non-hydrogen) atoms. The number of nitro benzene ring substituents is 1. The van der Waals surface area contributed by atoms with Gasteiger partial charge in [0.15, 0.2) is 0 Å². The zero-order valence-corrected chi connectivity index (χ0v) is 11.3. The lowest BCUT2D eigenvalue weighted by Gasteiger charge is -2.11. The summed E-state index contributed by atoms with van der Waals surface area (Å²) >= 11 is 0. The van der Waals surface area contributed by atoms with Crippen LogP contribution in [0.25, 0.3) is 0 Å². The van der Waals surface area contributed by atoms with Crippen molar-refractivity contribution in [2.24, 2.45) is 0 Å². The predicted molar refractivity (Wildman–Crippen MR) is 73.5 cm³/mol. The van der Waals surface area contributed by atoms with Gasteiger partial charge >= 0.3 is 0 Å². The zero-order chi connectivity index (χ0) is 14.0. The molecule has 2 rings (SSSR count). The minimum absolute atomic E-state index is 0.0176. The van der Waals surface area contributed by atoms with Crippen LogP contribution in [0.4, 0.5) is 17.1 Å². The van der Waals surface area contributed by atoms with E-state index in [1.165, 1.54) is 6.07 Å². The second kappa shape index (κ2) is 5.04. The highest BCUT2D eigenvalue weighted by molar-refractivity contribution is 7.90. The van der Waals surface area contributed by atoms with Crippen molar-refractivity contribution < 1.29 is 13.3 Å². The Morgan fingerprint density at radius 1 is 1.47 bits per heavy atom. The highest BCUT2D eigenvalue weighted by atomic mass is 32.2. The third kappa shape index (κ3) is 3.14. The maximum atomic E-state index is 11.1. The molecule has 0 amide bonds. The first kappa shape index (κ1) is 13.6. The Bertz CT molecular complexity index is 613. The van der Waals surface area contributed by atoms with Crippen LogP contribution in [-0.4, -0.2) is 38.4 Å². The van der Waals surface area contributed by atoms with E-state index in [0.717, 1.165) is 24.1 Å². The normalized spacial score (nSPS) is 13.7. The molecule has 1 aliphatic rings. The van der Waals surface area contributed by atoms with Crippen LogP contribution in [0, 0.1) is 10.1 Å². The maximum Gasteiger partial charge on any atom is 0.292 e. The summed E-state index contributed by atoms with van der Waals surface area (Å²) in [7, 11) is -3.09. The number of anilines is 2. The average Bonchev–Trinajstić information content (AvgIpc) is 2.75. The van der Waals surface area contributed by atoms with Crippen LogP contribution in [0.1, 0.15) is 5.56 Å². The fourth-order valence-corrected chi connectivity index (χ4v) is 2.57. The van der Waals surface area contributed by atoms with E-state index in [1.54, 1.807) is 6.07 Å². The summed E-state index contributed by atoms with van der Waals surface area (Å²) in [5.41, 5.74) is 2.13. The molecule has 1 aliphatic heterocycles. The number of nitrogens with zero attached hydrogens (tertiary/aromatic N) is 1. The standard InChI is InChI=1S/C11H15N3O4S/c1-19(17,18)7-6-13-11-8-4-5-12-9(8)2-3-10(11)14(15)16/h2-3,12-13H,4-7H2,1H3. The lowest BCUT2D eigenvalue weighted by atomic mass is 10.1. The Labute approximate surface area is 111 Å². The Balaban J connectivity index is 2.27. The Morgan fingerprint density at radius 3 is 2.84 bits per heavy atom. The predicted octanol–water partition coefficient (Wildman–Crippen LogP) is 1.02. The van der Waals surface area contributed by atoms with E-state index in [2.05, 4.69) is 10.6 Å². The van der Waals surface area contributed by atoms with Gasteiger partial charge in [-0.05, 0) is 12.5 Å². The van der Waals surface area contributed by atoms with Crippen molar-refractivity contribution in [1.29, 1.82) is 0 Å². The van der Waals surface area contributed by atoms with Crippen molar-refractivity contribution in [3.63, 3.8) is 0 Å². The van der Waals surface area contributed by atoms with Crippen molar-refractivity contribution in [2.75, 3.05) is 35.7 Å². The fraction of sp³-hybridized carbons (Fsp3) is 0.455. The third-order valence-corrected chi connectivity index (χ3v) is 3.90. The van der Waals surface area contributed by atoms with E-state index < -0.39 is 14.8 Å². The number of sulfone groups is 1. The summed E-state index contributed by atoms with van der Waals surface area (Å²) in [5.74, 6) is -0.0543. The Morgan fingerprint density at radius 2 is 2.21 bits per heavy atom. The van der Waals surface area contributed by atoms with Gasteiger partial charge in [0, 0.05) is 36.7 Å². The smallest absolute Gasteiger partial charge is 0.292 e. The Hall–Kier alpha value is -1.83. The van der Waals surface area contributed by atoms with E-state index in [1.807, 2.05) is 0 Å². The van der Waals surface area contributed by atoms with Crippen molar-refractivity contribution in [3.05, 3.63) is 27.8 Å². The van der Waals surface area contributed by atoms with Gasteiger partial charge in [-0.3, -0.25) is 10.1 Å². The van der Waals surface area contributed by atoms with Crippen LogP contribution < -0.4 is 10.6 Å². The largest absolute Gasteiger partial charge is 0.384 e. The number of nitro groups is 1. The second-order valence-corrected chi connectivity index (χ2v) is 6.74. The molecule has 7 nitrogen and oxygen atoms in total. The summed E-state index contributed by atoms with van der Waals surface area (Å²) < 4.78 is 22.2. The van der Waals surface area contributed by atoms with Crippen LogP contribution in [0.3, 0.4) is 0 Å². The number of rotatable bonds is 5. The maximum absolute atomic E-state index is 11.1. The lowest BCUT2D eigenvalue weighted by Crippen LogP contribution is -2.15. The van der Waals surface area contributed by atoms with Crippen LogP contribution >= 0.6 is 0 Å². The zero-order valence-electron chi connectivity index (χ0n) is 10.5. The van der Waals surface area contributed by atoms with E-state index in [9.17, 15) is 18.5 Å². The molecular formula is C11H15N3O4S. The summed E-state index contributed by atoms with van der Waals surface area (Å²) in [6.45, 7) is 0.896. The van der Waals surface area contributed by atoms with Gasteiger partial charge in [0.05, 0.1) is 10.7 Å². The molecule has 0 bridgehead atoms. The quantitative estimate of drug-likeness (QED) is 0.618. The first-order valence-electron chi connectivity index (χ1n) is 5.84. The van der Waals surface area contributed by atoms with Crippen molar-refractivity contribution in [3.8, 4) is 0 Å². The van der Waals surface area contributed by atoms with Crippen LogP contribution in [-0.2, 0) is 16.3 Å². The molecular weight excluding hydrogens is 270 g/mol. The van der Waals surface area contributed by atoms with Crippen LogP contribution in [0.5, 0.6) is 0 Å². The molecule has 1 heterocycles. The molecule has 0 saturated heterocycles. The van der Waals surface area contributed by atoms with E-state index in [-0.39, 0.29) is 18.0 Å². The van der Waals surface area contributed by atoms with Gasteiger partial charge in [-0.25, -0.2) is 8.42 Å². The average molecular weight is 285 g/mol. The van der Waals surface area contributed by atoms with Gasteiger partial charge in [0.1, 0.15) is 15.5 Å². The molecule has 0 unspecified atom stereocenters. The highest BCUT2D eigenvalue weighted by Crippen LogP contribution is 2.36. The fourth-order valence-electron chi connectivity index (χ4n) is 2.09. The molecule has 0 fully saturated rings. The summed E-state index contributed by atoms with van der Waals surface area (Å²) in [6, 6.07) is 3.11. The molecule has 0 aromatic heterocycles. The SMILES string of the molecule is CS(=O)(=O)CCNc1c([N+](=O)[O-])ccc2c1CCN2. The summed E-state index contributed by atoms with van der Waals surface area (Å²) in [5, 5.41) is 17.0. The van der Waals surface area contributed by atoms with Gasteiger partial charge in [-0.2, -0.15) is 0 Å². The van der Waals surface area contributed by atoms with Gasteiger partial charge < -0.3 is 10.6 Å². The minimum Gasteiger partial charge on any atom is -0.384 e. The van der Waals surface area contributed by atoms with Crippen LogP contribution in [0.2, 0.25) is 0 Å². The van der Waals surface area contributed by atoms with E-state index in [4.69, 9.17) is 0 Å². The Kier molecular flexibility index (Phi) is 3.61. The molecule has 1 aromatic carbocycles. The second-order valence-electron chi connectivity index (χ2n) is 4.48. The van der Waals surface area contributed by atoms with Crippen molar-refractivity contribution in [1.82, 2.24) is 0 Å². The number of fused-ring (bicyclic) bond motifs is 1. The molecule has 104 valence electrons. The van der Waals surface area contributed by atoms with Gasteiger partial charge in [0.2, 0.25) is 0 Å². The minimum atomic E-state index is -3.09.